The van der Waals surface area contributed by atoms with E-state index in [-0.39, 0.29) is 11.3 Å². The van der Waals surface area contributed by atoms with Gasteiger partial charge in [0, 0.05) is 25.3 Å². The summed E-state index contributed by atoms with van der Waals surface area (Å²) in [5.41, 5.74) is 1.95. The SMILES string of the molecule is Cc1ccc(NC(=O)/C(=N/N(C)C)C(C2OC(=O)c3ccccc32)[NH+]([O-])O)cc1. The Kier molecular flexibility index (Phi) is 5.92. The van der Waals surface area contributed by atoms with Crippen LogP contribution in [0.3, 0.4) is 0 Å². The number of rotatable bonds is 6. The standard InChI is InChI=1S/C20H22N4O5/c1-12-8-10-13(11-9-12)21-19(25)16(22-23(2)3)17(24(27)28)18-14-6-4-5-7-15(14)20(26)29-18/h4-11,17-18,24,27H,1-3H3,(H,21,25)/b22-16+. The van der Waals surface area contributed by atoms with Crippen molar-refractivity contribution in [2.75, 3.05) is 19.4 Å². The first-order chi connectivity index (χ1) is 13.8. The molecule has 0 spiro atoms. The average Bonchev–Trinajstić information content (AvgIpc) is 2.99. The van der Waals surface area contributed by atoms with Gasteiger partial charge in [-0.05, 0) is 25.1 Å². The normalized spacial score (nSPS) is 17.9. The minimum absolute atomic E-state index is 0.266. The van der Waals surface area contributed by atoms with Gasteiger partial charge < -0.3 is 20.3 Å². The van der Waals surface area contributed by atoms with Gasteiger partial charge in [-0.15, -0.1) is 0 Å². The Labute approximate surface area is 167 Å². The zero-order valence-electron chi connectivity index (χ0n) is 16.2. The zero-order chi connectivity index (χ0) is 21.1. The van der Waals surface area contributed by atoms with Crippen LogP contribution in [0.4, 0.5) is 5.69 Å². The molecule has 3 unspecified atom stereocenters. The fourth-order valence-corrected chi connectivity index (χ4v) is 3.11. The van der Waals surface area contributed by atoms with Crippen molar-refractivity contribution in [3.05, 3.63) is 70.4 Å². The number of nitrogens with one attached hydrogen (secondary N) is 2. The van der Waals surface area contributed by atoms with E-state index in [1.807, 2.05) is 19.1 Å². The quantitative estimate of drug-likeness (QED) is 0.378. The van der Waals surface area contributed by atoms with E-state index in [1.54, 1.807) is 50.5 Å². The van der Waals surface area contributed by atoms with Crippen LogP contribution in [-0.4, -0.2) is 47.9 Å². The number of hydrazone groups is 1. The van der Waals surface area contributed by atoms with Gasteiger partial charge in [0.25, 0.3) is 5.91 Å². The van der Waals surface area contributed by atoms with Gasteiger partial charge in [-0.1, -0.05) is 35.9 Å². The van der Waals surface area contributed by atoms with Crippen LogP contribution in [0.25, 0.3) is 0 Å². The van der Waals surface area contributed by atoms with Crippen LogP contribution in [0.5, 0.6) is 0 Å². The van der Waals surface area contributed by atoms with E-state index in [2.05, 4.69) is 10.4 Å². The van der Waals surface area contributed by atoms with Crippen LogP contribution in [0.1, 0.15) is 27.6 Å². The number of carbonyl (C=O) groups is 2. The highest BCUT2D eigenvalue weighted by Gasteiger charge is 2.45. The lowest BCUT2D eigenvalue weighted by molar-refractivity contribution is -1.06. The first kappa shape index (κ1) is 20.5. The third kappa shape index (κ3) is 4.43. The highest BCUT2D eigenvalue weighted by molar-refractivity contribution is 6.44. The molecule has 29 heavy (non-hydrogen) atoms. The highest BCUT2D eigenvalue weighted by Crippen LogP contribution is 2.32. The molecule has 3 N–H and O–H groups in total. The minimum atomic E-state index is -1.48. The largest absolute Gasteiger partial charge is 0.599 e. The first-order valence-corrected chi connectivity index (χ1v) is 8.94. The van der Waals surface area contributed by atoms with Gasteiger partial charge in [-0.2, -0.15) is 5.10 Å². The first-order valence-electron chi connectivity index (χ1n) is 8.94. The number of carbonyl (C=O) groups excluding carboxylic acids is 2. The number of quaternary nitrogens is 1. The Hall–Kier alpha value is -3.27. The molecular weight excluding hydrogens is 376 g/mol. The van der Waals surface area contributed by atoms with Crippen molar-refractivity contribution in [3.8, 4) is 0 Å². The van der Waals surface area contributed by atoms with Gasteiger partial charge in [0.05, 0.1) is 5.56 Å². The highest BCUT2D eigenvalue weighted by atomic mass is 16.8. The van der Waals surface area contributed by atoms with Crippen molar-refractivity contribution >= 4 is 23.3 Å². The molecule has 0 saturated heterocycles. The maximum atomic E-state index is 13.0. The summed E-state index contributed by atoms with van der Waals surface area (Å²) in [5.74, 6) is -1.31. The van der Waals surface area contributed by atoms with Crippen LogP contribution >= 0.6 is 0 Å². The van der Waals surface area contributed by atoms with E-state index in [0.29, 0.717) is 11.3 Å². The van der Waals surface area contributed by atoms with Gasteiger partial charge >= 0.3 is 5.97 Å². The lowest BCUT2D eigenvalue weighted by Crippen LogP contribution is -3.11. The molecule has 0 saturated carbocycles. The Bertz CT molecular complexity index is 940. The number of nitrogens with zero attached hydrogens (tertiary/aromatic N) is 2. The molecule has 0 aromatic heterocycles. The van der Waals surface area contributed by atoms with Gasteiger partial charge in [0.15, 0.2) is 11.8 Å². The molecule has 9 nitrogen and oxygen atoms in total. The van der Waals surface area contributed by atoms with Crippen molar-refractivity contribution in [1.82, 2.24) is 5.01 Å². The molecular formula is C20H22N4O5. The third-order valence-electron chi connectivity index (χ3n) is 4.43. The van der Waals surface area contributed by atoms with Gasteiger partial charge in [-0.3, -0.25) is 4.79 Å². The number of aryl methyl sites for hydroxylation is 1. The summed E-state index contributed by atoms with van der Waals surface area (Å²) < 4.78 is 5.33. The van der Waals surface area contributed by atoms with Crippen molar-refractivity contribution < 1.29 is 24.8 Å². The van der Waals surface area contributed by atoms with E-state index in [4.69, 9.17) is 4.74 Å². The summed E-state index contributed by atoms with van der Waals surface area (Å²) in [5, 5.41) is 28.9. The number of hydrogen-bond donors (Lipinski definition) is 3. The maximum Gasteiger partial charge on any atom is 0.339 e. The predicted molar refractivity (Wildman–Crippen MR) is 105 cm³/mol. The Morgan fingerprint density at radius 1 is 1.24 bits per heavy atom. The summed E-state index contributed by atoms with van der Waals surface area (Å²) in [6, 6.07) is 12.1. The van der Waals surface area contributed by atoms with Crippen molar-refractivity contribution in [3.63, 3.8) is 0 Å². The maximum absolute atomic E-state index is 13.0. The topological polar surface area (TPSA) is 119 Å². The predicted octanol–water partition coefficient (Wildman–Crippen LogP) is 0.903. The molecule has 1 heterocycles. The summed E-state index contributed by atoms with van der Waals surface area (Å²) >= 11 is 0. The van der Waals surface area contributed by atoms with E-state index in [0.717, 1.165) is 5.56 Å². The van der Waals surface area contributed by atoms with E-state index in [9.17, 15) is 20.0 Å². The molecule has 3 atom stereocenters. The van der Waals surface area contributed by atoms with Gasteiger partial charge in [0.1, 0.15) is 0 Å². The number of fused-ring (bicyclic) bond motifs is 1. The number of hydroxylamine groups is 2. The van der Waals surface area contributed by atoms with Crippen LogP contribution in [0.2, 0.25) is 0 Å². The second kappa shape index (κ2) is 8.39. The molecule has 2 aromatic carbocycles. The molecule has 1 aliphatic rings. The monoisotopic (exact) mass is 398 g/mol. The molecule has 1 aliphatic heterocycles. The van der Waals surface area contributed by atoms with Gasteiger partial charge in [-0.25, -0.2) is 15.2 Å². The molecule has 9 heteroatoms. The number of cyclic esters (lactones) is 1. The molecule has 0 aliphatic carbocycles. The van der Waals surface area contributed by atoms with Crippen LogP contribution in [0.15, 0.2) is 53.6 Å². The summed E-state index contributed by atoms with van der Waals surface area (Å²) in [6.45, 7) is 1.91. The summed E-state index contributed by atoms with van der Waals surface area (Å²) in [7, 11) is 3.15. The van der Waals surface area contributed by atoms with Crippen LogP contribution in [-0.2, 0) is 9.53 Å². The second-order valence-electron chi connectivity index (χ2n) is 6.88. The van der Waals surface area contributed by atoms with Crippen LogP contribution < -0.4 is 10.5 Å². The number of amides is 1. The zero-order valence-corrected chi connectivity index (χ0v) is 16.2. The second-order valence-corrected chi connectivity index (χ2v) is 6.88. The number of hydrogen-bond acceptors (Lipinski definition) is 7. The minimum Gasteiger partial charge on any atom is -0.599 e. The summed E-state index contributed by atoms with van der Waals surface area (Å²) in [4.78, 5) is 25.1. The Morgan fingerprint density at radius 2 is 1.90 bits per heavy atom. The van der Waals surface area contributed by atoms with E-state index < -0.39 is 29.2 Å². The molecule has 0 radical (unpaired) electrons. The Balaban J connectivity index is 1.98. The number of esters is 1. The van der Waals surface area contributed by atoms with Crippen LogP contribution in [0, 0.1) is 12.1 Å². The number of anilines is 1. The van der Waals surface area contributed by atoms with Crippen molar-refractivity contribution in [1.29, 1.82) is 0 Å². The molecule has 2 aromatic rings. The van der Waals surface area contributed by atoms with Crippen molar-refractivity contribution in [2.45, 2.75) is 19.1 Å². The lowest BCUT2D eigenvalue weighted by atomic mass is 9.96. The Morgan fingerprint density at radius 3 is 2.52 bits per heavy atom. The number of benzene rings is 2. The molecule has 152 valence electrons. The molecule has 1 amide bonds. The fraction of sp³-hybridized carbons (Fsp3) is 0.250. The van der Waals surface area contributed by atoms with E-state index in [1.165, 1.54) is 5.01 Å². The lowest BCUT2D eigenvalue weighted by Gasteiger charge is -2.29. The fourth-order valence-electron chi connectivity index (χ4n) is 3.11. The number of ether oxygens (including phenoxy) is 1. The summed E-state index contributed by atoms with van der Waals surface area (Å²) in [6.07, 6.45) is -1.15. The van der Waals surface area contributed by atoms with E-state index >= 15 is 0 Å². The smallest absolute Gasteiger partial charge is 0.339 e. The van der Waals surface area contributed by atoms with Crippen molar-refractivity contribution in [2.24, 2.45) is 5.10 Å². The average molecular weight is 398 g/mol. The molecule has 0 bridgehead atoms. The molecule has 0 fully saturated rings. The van der Waals surface area contributed by atoms with Gasteiger partial charge in [0.2, 0.25) is 6.04 Å². The molecule has 3 rings (SSSR count). The third-order valence-corrected chi connectivity index (χ3v) is 4.43.